The summed E-state index contributed by atoms with van der Waals surface area (Å²) in [5.74, 6) is 2.96. The van der Waals surface area contributed by atoms with Crippen LogP contribution in [0, 0.1) is 17.8 Å². The van der Waals surface area contributed by atoms with Crippen molar-refractivity contribution in [3.05, 3.63) is 0 Å². The fraction of sp³-hybridized carbons (Fsp3) is 1.00. The van der Waals surface area contributed by atoms with Crippen LogP contribution in [0.4, 0.5) is 0 Å². The Morgan fingerprint density at radius 1 is 1.07 bits per heavy atom. The molecule has 2 unspecified atom stereocenters. The molecule has 2 atom stereocenters. The van der Waals surface area contributed by atoms with Crippen molar-refractivity contribution < 1.29 is 0 Å². The molecule has 2 rings (SSSR count). The summed E-state index contributed by atoms with van der Waals surface area (Å²) in [4.78, 5) is 2.72. The Hall–Kier alpha value is -0.0400. The molecule has 15 heavy (non-hydrogen) atoms. The molecule has 1 saturated heterocycles. The molecule has 88 valence electrons. The van der Waals surface area contributed by atoms with Crippen molar-refractivity contribution in [3.63, 3.8) is 0 Å². The Morgan fingerprint density at radius 3 is 2.40 bits per heavy atom. The van der Waals surface area contributed by atoms with Crippen LogP contribution in [0.25, 0.3) is 0 Å². The fourth-order valence-electron chi connectivity index (χ4n) is 3.39. The molecule has 0 radical (unpaired) electrons. The van der Waals surface area contributed by atoms with Gasteiger partial charge in [-0.25, -0.2) is 0 Å². The first kappa shape index (κ1) is 11.4. The lowest BCUT2D eigenvalue weighted by molar-refractivity contribution is 0.193. The molecule has 0 bridgehead atoms. The molecule has 1 nitrogen and oxygen atoms in total. The highest BCUT2D eigenvalue weighted by Gasteiger charge is 2.28. The van der Waals surface area contributed by atoms with Gasteiger partial charge in [0.1, 0.15) is 0 Å². The number of rotatable bonds is 3. The Labute approximate surface area is 95.2 Å². The van der Waals surface area contributed by atoms with Crippen molar-refractivity contribution in [3.8, 4) is 0 Å². The van der Waals surface area contributed by atoms with E-state index < -0.39 is 0 Å². The molecule has 1 saturated carbocycles. The molecule has 0 N–H and O–H groups in total. The zero-order valence-electron chi connectivity index (χ0n) is 10.5. The molecule has 2 fully saturated rings. The SMILES string of the molecule is CC(C)C1CCC(CN2CCCCC2)C1. The second kappa shape index (κ2) is 5.34. The molecular formula is C14H27N. The van der Waals surface area contributed by atoms with Gasteiger partial charge in [0.15, 0.2) is 0 Å². The van der Waals surface area contributed by atoms with Crippen LogP contribution in [-0.2, 0) is 0 Å². The first-order valence-electron chi connectivity index (χ1n) is 6.98. The van der Waals surface area contributed by atoms with Gasteiger partial charge in [-0.1, -0.05) is 20.3 Å². The maximum Gasteiger partial charge on any atom is 0.000976 e. The van der Waals surface area contributed by atoms with Crippen LogP contribution in [0.3, 0.4) is 0 Å². The third kappa shape index (κ3) is 3.21. The van der Waals surface area contributed by atoms with Crippen LogP contribution in [0.1, 0.15) is 52.4 Å². The minimum Gasteiger partial charge on any atom is -0.303 e. The van der Waals surface area contributed by atoms with Crippen LogP contribution in [0.2, 0.25) is 0 Å². The van der Waals surface area contributed by atoms with Gasteiger partial charge in [-0.05, 0) is 62.9 Å². The van der Waals surface area contributed by atoms with Gasteiger partial charge in [0.2, 0.25) is 0 Å². The van der Waals surface area contributed by atoms with Gasteiger partial charge in [-0.3, -0.25) is 0 Å². The third-order valence-corrected chi connectivity index (χ3v) is 4.49. The number of piperidine rings is 1. The largest absolute Gasteiger partial charge is 0.303 e. The second-order valence-electron chi connectivity index (χ2n) is 6.04. The maximum absolute atomic E-state index is 2.72. The minimum atomic E-state index is 0.913. The lowest BCUT2D eigenvalue weighted by Crippen LogP contribution is -2.33. The molecule has 0 aromatic carbocycles. The average molecular weight is 209 g/mol. The fourth-order valence-corrected chi connectivity index (χ4v) is 3.39. The van der Waals surface area contributed by atoms with E-state index in [0.717, 1.165) is 17.8 Å². The van der Waals surface area contributed by atoms with E-state index in [0.29, 0.717) is 0 Å². The smallest absolute Gasteiger partial charge is 0.000976 e. The molecule has 2 aliphatic rings. The molecule has 1 aliphatic carbocycles. The van der Waals surface area contributed by atoms with Gasteiger partial charge in [0.25, 0.3) is 0 Å². The average Bonchev–Trinajstić information content (AvgIpc) is 2.68. The van der Waals surface area contributed by atoms with E-state index in [-0.39, 0.29) is 0 Å². The number of likely N-dealkylation sites (tertiary alicyclic amines) is 1. The van der Waals surface area contributed by atoms with E-state index in [9.17, 15) is 0 Å². The van der Waals surface area contributed by atoms with Crippen LogP contribution >= 0.6 is 0 Å². The summed E-state index contributed by atoms with van der Waals surface area (Å²) in [6.45, 7) is 8.96. The highest BCUT2D eigenvalue weighted by Crippen LogP contribution is 2.36. The Kier molecular flexibility index (Phi) is 4.07. The van der Waals surface area contributed by atoms with E-state index in [1.807, 2.05) is 0 Å². The summed E-state index contributed by atoms with van der Waals surface area (Å²) in [7, 11) is 0. The van der Waals surface area contributed by atoms with Gasteiger partial charge in [0.05, 0.1) is 0 Å². The van der Waals surface area contributed by atoms with Crippen LogP contribution in [-0.4, -0.2) is 24.5 Å². The number of nitrogens with zero attached hydrogens (tertiary/aromatic N) is 1. The summed E-state index contributed by atoms with van der Waals surface area (Å²) in [5.41, 5.74) is 0. The zero-order chi connectivity index (χ0) is 10.7. The summed E-state index contributed by atoms with van der Waals surface area (Å²) in [6.07, 6.45) is 8.86. The predicted molar refractivity (Wildman–Crippen MR) is 66.0 cm³/mol. The Bertz CT molecular complexity index is 182. The summed E-state index contributed by atoms with van der Waals surface area (Å²) in [5, 5.41) is 0. The van der Waals surface area contributed by atoms with Crippen molar-refractivity contribution in [2.75, 3.05) is 19.6 Å². The summed E-state index contributed by atoms with van der Waals surface area (Å²) < 4.78 is 0. The molecule has 0 aromatic rings. The van der Waals surface area contributed by atoms with Crippen LogP contribution in [0.5, 0.6) is 0 Å². The third-order valence-electron chi connectivity index (χ3n) is 4.49. The molecule has 0 aromatic heterocycles. The second-order valence-corrected chi connectivity index (χ2v) is 6.04. The molecule has 1 heteroatoms. The standard InChI is InChI=1S/C14H27N/c1-12(2)14-7-6-13(10-14)11-15-8-4-3-5-9-15/h12-14H,3-11H2,1-2H3. The Morgan fingerprint density at radius 2 is 1.80 bits per heavy atom. The predicted octanol–water partition coefficient (Wildman–Crippen LogP) is 3.54. The molecule has 0 amide bonds. The van der Waals surface area contributed by atoms with Crippen LogP contribution in [0.15, 0.2) is 0 Å². The van der Waals surface area contributed by atoms with E-state index in [1.54, 1.807) is 0 Å². The summed E-state index contributed by atoms with van der Waals surface area (Å²) in [6, 6.07) is 0. The highest BCUT2D eigenvalue weighted by atomic mass is 15.1. The molecule has 0 spiro atoms. The van der Waals surface area contributed by atoms with Crippen molar-refractivity contribution >= 4 is 0 Å². The molecule has 1 heterocycles. The number of hydrogen-bond donors (Lipinski definition) is 0. The quantitative estimate of drug-likeness (QED) is 0.687. The van der Waals surface area contributed by atoms with Gasteiger partial charge in [-0.15, -0.1) is 0 Å². The van der Waals surface area contributed by atoms with Crippen molar-refractivity contribution in [2.45, 2.75) is 52.4 Å². The van der Waals surface area contributed by atoms with Gasteiger partial charge in [-0.2, -0.15) is 0 Å². The first-order chi connectivity index (χ1) is 7.25. The van der Waals surface area contributed by atoms with E-state index in [2.05, 4.69) is 18.7 Å². The van der Waals surface area contributed by atoms with Crippen molar-refractivity contribution in [1.29, 1.82) is 0 Å². The zero-order valence-corrected chi connectivity index (χ0v) is 10.5. The van der Waals surface area contributed by atoms with E-state index in [1.165, 1.54) is 58.2 Å². The molecule has 1 aliphatic heterocycles. The minimum absolute atomic E-state index is 0.913. The first-order valence-corrected chi connectivity index (χ1v) is 6.98. The van der Waals surface area contributed by atoms with Crippen LogP contribution < -0.4 is 0 Å². The van der Waals surface area contributed by atoms with Gasteiger partial charge >= 0.3 is 0 Å². The van der Waals surface area contributed by atoms with E-state index in [4.69, 9.17) is 0 Å². The number of hydrogen-bond acceptors (Lipinski definition) is 1. The summed E-state index contributed by atoms with van der Waals surface area (Å²) >= 11 is 0. The maximum atomic E-state index is 2.72. The topological polar surface area (TPSA) is 3.24 Å². The molecular weight excluding hydrogens is 182 g/mol. The Balaban J connectivity index is 1.71. The highest BCUT2D eigenvalue weighted by molar-refractivity contribution is 4.80. The monoisotopic (exact) mass is 209 g/mol. The van der Waals surface area contributed by atoms with Gasteiger partial charge in [0, 0.05) is 6.54 Å². The lowest BCUT2D eigenvalue weighted by Gasteiger charge is -2.29. The normalized spacial score (nSPS) is 33.8. The van der Waals surface area contributed by atoms with Gasteiger partial charge < -0.3 is 4.90 Å². The van der Waals surface area contributed by atoms with Crippen molar-refractivity contribution in [1.82, 2.24) is 4.90 Å². The lowest BCUT2D eigenvalue weighted by atomic mass is 9.93. The van der Waals surface area contributed by atoms with E-state index >= 15 is 0 Å². The van der Waals surface area contributed by atoms with Crippen molar-refractivity contribution in [2.24, 2.45) is 17.8 Å².